The largest absolute Gasteiger partial charge is 0.496 e. The quantitative estimate of drug-likeness (QED) is 0.806. The molecule has 4 nitrogen and oxygen atoms in total. The number of Topliss-reactive ketones (excluding diaryl/α,β-unsaturated/α-hetero) is 1. The fourth-order valence-corrected chi connectivity index (χ4v) is 2.27. The fourth-order valence-electron chi connectivity index (χ4n) is 2.27. The molecule has 0 spiro atoms. The van der Waals surface area contributed by atoms with Gasteiger partial charge in [0.1, 0.15) is 5.75 Å². The molecule has 1 atom stereocenters. The number of anilines is 1. The third kappa shape index (κ3) is 2.26. The molecule has 0 amide bonds. The van der Waals surface area contributed by atoms with Gasteiger partial charge in [-0.25, -0.2) is 0 Å². The second-order valence-corrected chi connectivity index (χ2v) is 4.30. The number of nitrogens with zero attached hydrogens (tertiary/aromatic N) is 1. The van der Waals surface area contributed by atoms with Crippen LogP contribution >= 0.6 is 0 Å². The minimum Gasteiger partial charge on any atom is -0.496 e. The molecule has 1 aliphatic heterocycles. The Kier molecular flexibility index (Phi) is 3.33. The van der Waals surface area contributed by atoms with E-state index in [-0.39, 0.29) is 11.9 Å². The van der Waals surface area contributed by atoms with Crippen molar-refractivity contribution in [2.75, 3.05) is 25.1 Å². The molecule has 1 aromatic carbocycles. The molecular weight excluding hydrogens is 218 g/mol. The molecule has 92 valence electrons. The van der Waals surface area contributed by atoms with Crippen LogP contribution < -0.4 is 9.64 Å². The second-order valence-electron chi connectivity index (χ2n) is 4.30. The lowest BCUT2D eigenvalue weighted by Crippen LogP contribution is -2.23. The lowest BCUT2D eigenvalue weighted by molar-refractivity contribution is 0.101. The Bertz CT molecular complexity index is 431. The molecule has 1 unspecified atom stereocenters. The number of hydrogen-bond acceptors (Lipinski definition) is 4. The first-order chi connectivity index (χ1) is 8.13. The molecule has 0 bridgehead atoms. The fraction of sp³-hybridized carbons (Fsp3) is 0.462. The van der Waals surface area contributed by atoms with Gasteiger partial charge in [-0.1, -0.05) is 6.07 Å². The number of carbonyl (C=O) groups is 1. The first-order valence-electron chi connectivity index (χ1n) is 5.74. The van der Waals surface area contributed by atoms with Crippen LogP contribution in [0, 0.1) is 0 Å². The van der Waals surface area contributed by atoms with E-state index in [1.54, 1.807) is 13.2 Å². The summed E-state index contributed by atoms with van der Waals surface area (Å²) in [5.74, 6) is 0.579. The third-order valence-electron chi connectivity index (χ3n) is 3.08. The van der Waals surface area contributed by atoms with Gasteiger partial charge in [0.05, 0.1) is 24.5 Å². The van der Waals surface area contributed by atoms with E-state index in [0.717, 1.165) is 18.7 Å². The number of benzene rings is 1. The highest BCUT2D eigenvalue weighted by Crippen LogP contribution is 2.31. The average molecular weight is 235 g/mol. The molecule has 1 aromatic rings. The highest BCUT2D eigenvalue weighted by Gasteiger charge is 2.25. The number of rotatable bonds is 3. The van der Waals surface area contributed by atoms with Crippen molar-refractivity contribution in [3.63, 3.8) is 0 Å². The van der Waals surface area contributed by atoms with Crippen LogP contribution in [0.4, 0.5) is 5.69 Å². The summed E-state index contributed by atoms with van der Waals surface area (Å²) in [6, 6.07) is 5.55. The zero-order valence-corrected chi connectivity index (χ0v) is 10.1. The van der Waals surface area contributed by atoms with Crippen molar-refractivity contribution < 1.29 is 14.6 Å². The van der Waals surface area contributed by atoms with E-state index >= 15 is 0 Å². The first kappa shape index (κ1) is 11.9. The molecule has 1 saturated heterocycles. The maximum atomic E-state index is 11.7. The van der Waals surface area contributed by atoms with Crippen LogP contribution in [-0.4, -0.2) is 37.2 Å². The lowest BCUT2D eigenvalue weighted by atomic mass is 10.1. The van der Waals surface area contributed by atoms with Gasteiger partial charge in [0.2, 0.25) is 0 Å². The van der Waals surface area contributed by atoms with E-state index in [1.807, 2.05) is 17.0 Å². The van der Waals surface area contributed by atoms with Gasteiger partial charge in [-0.05, 0) is 25.5 Å². The molecule has 0 radical (unpaired) electrons. The number of aliphatic hydroxyl groups is 1. The topological polar surface area (TPSA) is 49.8 Å². The Balaban J connectivity index is 2.42. The van der Waals surface area contributed by atoms with Gasteiger partial charge < -0.3 is 14.7 Å². The SMILES string of the molecule is COc1cccc(N2CCC(O)C2)c1C(C)=O. The van der Waals surface area contributed by atoms with Crippen molar-refractivity contribution in [2.45, 2.75) is 19.4 Å². The summed E-state index contributed by atoms with van der Waals surface area (Å²) in [7, 11) is 1.56. The summed E-state index contributed by atoms with van der Waals surface area (Å²) in [6.07, 6.45) is 0.440. The summed E-state index contributed by atoms with van der Waals surface area (Å²) < 4.78 is 5.22. The Morgan fingerprint density at radius 3 is 2.82 bits per heavy atom. The van der Waals surface area contributed by atoms with Crippen LogP contribution in [-0.2, 0) is 0 Å². The van der Waals surface area contributed by atoms with Crippen molar-refractivity contribution in [3.05, 3.63) is 23.8 Å². The minimum absolute atomic E-state index is 0.0150. The van der Waals surface area contributed by atoms with Crippen LogP contribution in [0.3, 0.4) is 0 Å². The third-order valence-corrected chi connectivity index (χ3v) is 3.08. The number of ether oxygens (including phenoxy) is 1. The van der Waals surface area contributed by atoms with Crippen molar-refractivity contribution in [3.8, 4) is 5.75 Å². The van der Waals surface area contributed by atoms with Crippen molar-refractivity contribution in [1.82, 2.24) is 0 Å². The summed E-state index contributed by atoms with van der Waals surface area (Å²) >= 11 is 0. The van der Waals surface area contributed by atoms with Crippen molar-refractivity contribution in [2.24, 2.45) is 0 Å². The van der Waals surface area contributed by atoms with E-state index in [0.29, 0.717) is 17.9 Å². The van der Waals surface area contributed by atoms with Gasteiger partial charge in [-0.15, -0.1) is 0 Å². The standard InChI is InChI=1S/C13H17NO3/c1-9(15)13-11(4-3-5-12(13)17-2)14-7-6-10(16)8-14/h3-5,10,16H,6-8H2,1-2H3. The molecule has 1 heterocycles. The normalized spacial score (nSPS) is 19.5. The van der Waals surface area contributed by atoms with Crippen molar-refractivity contribution >= 4 is 11.5 Å². The zero-order valence-electron chi connectivity index (χ0n) is 10.1. The van der Waals surface area contributed by atoms with Gasteiger partial charge in [-0.3, -0.25) is 4.79 Å². The van der Waals surface area contributed by atoms with Crippen LogP contribution in [0.1, 0.15) is 23.7 Å². The van der Waals surface area contributed by atoms with E-state index in [9.17, 15) is 9.90 Å². The molecule has 1 fully saturated rings. The Hall–Kier alpha value is -1.55. The van der Waals surface area contributed by atoms with Gasteiger partial charge in [0, 0.05) is 13.1 Å². The molecular formula is C13H17NO3. The predicted octanol–water partition coefficient (Wildman–Crippen LogP) is 1.47. The van der Waals surface area contributed by atoms with Crippen molar-refractivity contribution in [1.29, 1.82) is 0 Å². The maximum absolute atomic E-state index is 11.7. The van der Waals surface area contributed by atoms with Gasteiger partial charge in [-0.2, -0.15) is 0 Å². The molecule has 1 N–H and O–H groups in total. The number of β-amino-alcohol motifs (C(OH)–C–C–N with tert-alkyl or cyclic N) is 1. The van der Waals surface area contributed by atoms with Crippen LogP contribution in [0.5, 0.6) is 5.75 Å². The highest BCUT2D eigenvalue weighted by molar-refractivity contribution is 6.02. The summed E-state index contributed by atoms with van der Waals surface area (Å²) in [5, 5.41) is 9.56. The highest BCUT2D eigenvalue weighted by atomic mass is 16.5. The van der Waals surface area contributed by atoms with E-state index in [4.69, 9.17) is 4.74 Å². The number of carbonyl (C=O) groups excluding carboxylic acids is 1. The van der Waals surface area contributed by atoms with E-state index in [2.05, 4.69) is 0 Å². The Morgan fingerprint density at radius 2 is 2.29 bits per heavy atom. The summed E-state index contributed by atoms with van der Waals surface area (Å²) in [5.41, 5.74) is 1.46. The lowest BCUT2D eigenvalue weighted by Gasteiger charge is -2.21. The average Bonchev–Trinajstić information content (AvgIpc) is 2.74. The van der Waals surface area contributed by atoms with Gasteiger partial charge in [0.25, 0.3) is 0 Å². The van der Waals surface area contributed by atoms with Gasteiger partial charge >= 0.3 is 0 Å². The minimum atomic E-state index is -0.305. The molecule has 0 aliphatic carbocycles. The molecule has 2 rings (SSSR count). The molecule has 0 saturated carbocycles. The summed E-state index contributed by atoms with van der Waals surface area (Å²) in [6.45, 7) is 2.88. The van der Waals surface area contributed by atoms with Crippen LogP contribution in [0.25, 0.3) is 0 Å². The van der Waals surface area contributed by atoms with Crippen LogP contribution in [0.15, 0.2) is 18.2 Å². The molecule has 1 aliphatic rings. The number of hydrogen-bond donors (Lipinski definition) is 1. The second kappa shape index (κ2) is 4.75. The smallest absolute Gasteiger partial charge is 0.165 e. The Morgan fingerprint density at radius 1 is 1.53 bits per heavy atom. The van der Waals surface area contributed by atoms with Crippen LogP contribution in [0.2, 0.25) is 0 Å². The summed E-state index contributed by atoms with van der Waals surface area (Å²) in [4.78, 5) is 13.7. The first-order valence-corrected chi connectivity index (χ1v) is 5.74. The predicted molar refractivity (Wildman–Crippen MR) is 65.8 cm³/mol. The molecule has 4 heteroatoms. The maximum Gasteiger partial charge on any atom is 0.165 e. The molecule has 17 heavy (non-hydrogen) atoms. The van der Waals surface area contributed by atoms with E-state index < -0.39 is 0 Å². The Labute approximate surface area is 101 Å². The van der Waals surface area contributed by atoms with Gasteiger partial charge in [0.15, 0.2) is 5.78 Å². The monoisotopic (exact) mass is 235 g/mol. The number of methoxy groups -OCH3 is 1. The molecule has 0 aromatic heterocycles. The number of ketones is 1. The van der Waals surface area contributed by atoms with E-state index in [1.165, 1.54) is 6.92 Å². The number of aliphatic hydroxyl groups excluding tert-OH is 1. The zero-order chi connectivity index (χ0) is 12.4.